The van der Waals surface area contributed by atoms with Gasteiger partial charge in [0.05, 0.1) is 31.5 Å². The third-order valence-corrected chi connectivity index (χ3v) is 3.79. The molecule has 1 aromatic rings. The molecule has 1 fully saturated rings. The Hall–Kier alpha value is -1.56. The molecule has 1 aromatic heterocycles. The fourth-order valence-corrected chi connectivity index (χ4v) is 2.75. The largest absolute Gasteiger partial charge is 0.395 e. The third-order valence-electron chi connectivity index (χ3n) is 3.79. The fraction of sp³-hybridized carbons (Fsp3) is 0.667. The van der Waals surface area contributed by atoms with E-state index in [4.69, 9.17) is 11.5 Å². The first-order valence-corrected chi connectivity index (χ1v) is 6.45. The van der Waals surface area contributed by atoms with Crippen LogP contribution in [0.2, 0.25) is 0 Å². The lowest BCUT2D eigenvalue weighted by Gasteiger charge is -2.29. The van der Waals surface area contributed by atoms with Crippen LogP contribution in [-0.4, -0.2) is 40.3 Å². The Balaban J connectivity index is 2.32. The smallest absolute Gasteiger partial charge is 0.271 e. The number of primary amides is 1. The van der Waals surface area contributed by atoms with E-state index >= 15 is 0 Å². The number of anilines is 1. The fourth-order valence-electron chi connectivity index (χ4n) is 2.75. The number of nitrogens with zero attached hydrogens (tertiary/aromatic N) is 3. The molecule has 1 amide bonds. The normalized spacial score (nSPS) is 18.1. The highest BCUT2D eigenvalue weighted by molar-refractivity contribution is 5.96. The lowest BCUT2D eigenvalue weighted by atomic mass is 10.2. The van der Waals surface area contributed by atoms with Crippen LogP contribution in [0.4, 0.5) is 5.69 Å². The second kappa shape index (κ2) is 4.61. The van der Waals surface area contributed by atoms with Gasteiger partial charge in [-0.1, -0.05) is 6.92 Å². The summed E-state index contributed by atoms with van der Waals surface area (Å²) < 4.78 is 2.81. The summed E-state index contributed by atoms with van der Waals surface area (Å²) >= 11 is 0. The van der Waals surface area contributed by atoms with Crippen molar-refractivity contribution in [3.63, 3.8) is 0 Å². The first kappa shape index (κ1) is 12.9. The maximum absolute atomic E-state index is 11.3. The molecule has 0 radical (unpaired) electrons. The molecule has 1 aliphatic rings. The number of carbonyl (C=O) groups excluding carboxylic acids is 1. The molecule has 0 aromatic carbocycles. The minimum Gasteiger partial charge on any atom is -0.395 e. The number of likely N-dealkylation sites (tertiary alicyclic amines) is 1. The van der Waals surface area contributed by atoms with Gasteiger partial charge < -0.3 is 16.0 Å². The highest BCUT2D eigenvalue weighted by Gasteiger charge is 2.29. The van der Waals surface area contributed by atoms with Gasteiger partial charge in [-0.3, -0.25) is 4.79 Å². The van der Waals surface area contributed by atoms with Gasteiger partial charge in [0.2, 0.25) is 0 Å². The number of hydrogen-bond donors (Lipinski definition) is 2. The zero-order chi connectivity index (χ0) is 13.3. The predicted octanol–water partition coefficient (Wildman–Crippen LogP) is 0.325. The SMILES string of the molecule is CCc1c(N)c(C(N)=O)nn1C[N+]1(C)CCCC1. The summed E-state index contributed by atoms with van der Waals surface area (Å²) in [7, 11) is 2.22. The highest BCUT2D eigenvalue weighted by Crippen LogP contribution is 2.22. The maximum atomic E-state index is 11.3. The van der Waals surface area contributed by atoms with Crippen LogP contribution in [0.15, 0.2) is 0 Å². The molecular weight excluding hydrogens is 230 g/mol. The van der Waals surface area contributed by atoms with E-state index in [-0.39, 0.29) is 5.69 Å². The van der Waals surface area contributed by atoms with E-state index in [0.717, 1.165) is 36.4 Å². The molecule has 4 N–H and O–H groups in total. The summed E-state index contributed by atoms with van der Waals surface area (Å²) in [5.41, 5.74) is 12.8. The zero-order valence-electron chi connectivity index (χ0n) is 11.1. The number of nitrogen functional groups attached to an aromatic ring is 1. The molecule has 1 saturated heterocycles. The average Bonchev–Trinajstić information content (AvgIpc) is 2.84. The molecule has 0 unspecified atom stereocenters. The van der Waals surface area contributed by atoms with E-state index in [2.05, 4.69) is 12.1 Å². The van der Waals surface area contributed by atoms with Crippen LogP contribution in [0.3, 0.4) is 0 Å². The van der Waals surface area contributed by atoms with E-state index in [1.165, 1.54) is 12.8 Å². The Morgan fingerprint density at radius 3 is 2.56 bits per heavy atom. The Morgan fingerprint density at radius 1 is 1.44 bits per heavy atom. The van der Waals surface area contributed by atoms with Gasteiger partial charge in [-0.25, -0.2) is 4.68 Å². The lowest BCUT2D eigenvalue weighted by molar-refractivity contribution is -0.920. The second-order valence-corrected chi connectivity index (χ2v) is 5.34. The Labute approximate surface area is 107 Å². The summed E-state index contributed by atoms with van der Waals surface area (Å²) in [5, 5.41) is 4.29. The van der Waals surface area contributed by atoms with Crippen LogP contribution in [0.1, 0.15) is 35.9 Å². The van der Waals surface area contributed by atoms with Crippen molar-refractivity contribution < 1.29 is 9.28 Å². The van der Waals surface area contributed by atoms with Gasteiger partial charge in [0.15, 0.2) is 12.4 Å². The lowest BCUT2D eigenvalue weighted by Crippen LogP contribution is -2.42. The van der Waals surface area contributed by atoms with Gasteiger partial charge >= 0.3 is 0 Å². The van der Waals surface area contributed by atoms with Crippen molar-refractivity contribution in [2.45, 2.75) is 32.9 Å². The molecule has 2 heterocycles. The molecule has 0 aliphatic carbocycles. The van der Waals surface area contributed by atoms with Crippen molar-refractivity contribution in [3.8, 4) is 0 Å². The highest BCUT2D eigenvalue weighted by atomic mass is 16.1. The van der Waals surface area contributed by atoms with Gasteiger partial charge in [-0.2, -0.15) is 5.10 Å². The first-order valence-electron chi connectivity index (χ1n) is 6.45. The molecule has 100 valence electrons. The van der Waals surface area contributed by atoms with E-state index in [0.29, 0.717) is 5.69 Å². The van der Waals surface area contributed by atoms with E-state index in [1.54, 1.807) is 0 Å². The van der Waals surface area contributed by atoms with Crippen molar-refractivity contribution in [2.24, 2.45) is 5.73 Å². The number of amides is 1. The Morgan fingerprint density at radius 2 is 2.06 bits per heavy atom. The van der Waals surface area contributed by atoms with Crippen LogP contribution < -0.4 is 11.5 Å². The second-order valence-electron chi connectivity index (χ2n) is 5.34. The van der Waals surface area contributed by atoms with Gasteiger partial charge in [-0.15, -0.1) is 0 Å². The zero-order valence-corrected chi connectivity index (χ0v) is 11.1. The molecular formula is C12H22N5O+. The molecule has 0 saturated carbocycles. The Kier molecular flexibility index (Phi) is 3.30. The van der Waals surface area contributed by atoms with Crippen LogP contribution in [0, 0.1) is 0 Å². The molecule has 6 nitrogen and oxygen atoms in total. The number of carbonyl (C=O) groups is 1. The molecule has 0 bridgehead atoms. The minimum absolute atomic E-state index is 0.206. The quantitative estimate of drug-likeness (QED) is 0.757. The summed E-state index contributed by atoms with van der Waals surface area (Å²) in [4.78, 5) is 11.3. The van der Waals surface area contributed by atoms with Crippen LogP contribution in [0.5, 0.6) is 0 Å². The van der Waals surface area contributed by atoms with Crippen molar-refractivity contribution in [1.29, 1.82) is 0 Å². The molecule has 0 spiro atoms. The summed E-state index contributed by atoms with van der Waals surface area (Å²) in [5.74, 6) is -0.551. The van der Waals surface area contributed by atoms with Crippen LogP contribution in [-0.2, 0) is 13.1 Å². The van der Waals surface area contributed by atoms with Crippen molar-refractivity contribution in [2.75, 3.05) is 25.9 Å². The minimum atomic E-state index is -0.551. The summed E-state index contributed by atoms with van der Waals surface area (Å²) in [6.45, 7) is 5.07. The van der Waals surface area contributed by atoms with Crippen molar-refractivity contribution >= 4 is 11.6 Å². The first-order chi connectivity index (χ1) is 8.47. The number of aromatic nitrogens is 2. The summed E-state index contributed by atoms with van der Waals surface area (Å²) in [6.07, 6.45) is 3.25. The van der Waals surface area contributed by atoms with E-state index in [1.807, 2.05) is 11.6 Å². The monoisotopic (exact) mass is 252 g/mol. The molecule has 2 rings (SSSR count). The van der Waals surface area contributed by atoms with Gasteiger partial charge in [0, 0.05) is 12.8 Å². The van der Waals surface area contributed by atoms with Gasteiger partial charge in [0.25, 0.3) is 5.91 Å². The van der Waals surface area contributed by atoms with Crippen molar-refractivity contribution in [1.82, 2.24) is 9.78 Å². The van der Waals surface area contributed by atoms with Gasteiger partial charge in [-0.05, 0) is 6.42 Å². The Bertz CT molecular complexity index is 459. The van der Waals surface area contributed by atoms with Crippen LogP contribution >= 0.6 is 0 Å². The summed E-state index contributed by atoms with van der Waals surface area (Å²) in [6, 6.07) is 0. The van der Waals surface area contributed by atoms with Crippen molar-refractivity contribution in [3.05, 3.63) is 11.4 Å². The number of hydrogen-bond acceptors (Lipinski definition) is 3. The standard InChI is InChI=1S/C12H21N5O/c1-3-9-10(13)11(12(14)18)15-16(9)8-17(2)6-4-5-7-17/h3-8,13H2,1-2H3,(H-,14,18)/p+1. The molecule has 18 heavy (non-hydrogen) atoms. The third kappa shape index (κ3) is 2.20. The van der Waals surface area contributed by atoms with Crippen LogP contribution in [0.25, 0.3) is 0 Å². The molecule has 6 heteroatoms. The maximum Gasteiger partial charge on any atom is 0.271 e. The molecule has 1 aliphatic heterocycles. The number of rotatable bonds is 4. The molecule has 0 atom stereocenters. The number of nitrogens with two attached hydrogens (primary N) is 2. The van der Waals surface area contributed by atoms with E-state index in [9.17, 15) is 4.79 Å². The average molecular weight is 252 g/mol. The topological polar surface area (TPSA) is 86.9 Å². The van der Waals surface area contributed by atoms with Gasteiger partial charge in [0.1, 0.15) is 0 Å². The predicted molar refractivity (Wildman–Crippen MR) is 69.7 cm³/mol. The van der Waals surface area contributed by atoms with E-state index < -0.39 is 5.91 Å². The number of quaternary nitrogens is 1.